The van der Waals surface area contributed by atoms with E-state index in [-0.39, 0.29) is 23.3 Å². The van der Waals surface area contributed by atoms with Crippen LogP contribution in [-0.2, 0) is 4.79 Å². The lowest BCUT2D eigenvalue weighted by Crippen LogP contribution is -1.89. The summed E-state index contributed by atoms with van der Waals surface area (Å²) in [5.74, 6) is 0.270. The Balaban J connectivity index is 0.000000437. The van der Waals surface area contributed by atoms with E-state index in [2.05, 4.69) is 5.32 Å². The molecule has 1 aliphatic rings. The summed E-state index contributed by atoms with van der Waals surface area (Å²) in [4.78, 5) is 21.0. The Morgan fingerprint density at radius 2 is 1.65 bits per heavy atom. The van der Waals surface area contributed by atoms with Crippen molar-refractivity contribution in [3.63, 3.8) is 0 Å². The monoisotopic (exact) mass is 236 g/mol. The van der Waals surface area contributed by atoms with E-state index in [1.807, 2.05) is 21.0 Å². The van der Waals surface area contributed by atoms with Gasteiger partial charge in [-0.1, -0.05) is 19.1 Å². The highest BCUT2D eigenvalue weighted by atomic mass is 16.6. The molecule has 2 atom stereocenters. The van der Waals surface area contributed by atoms with Crippen LogP contribution in [0.3, 0.4) is 0 Å². The molecule has 0 saturated heterocycles. The summed E-state index contributed by atoms with van der Waals surface area (Å²) in [6.45, 7) is 1.87. The van der Waals surface area contributed by atoms with Gasteiger partial charge in [0.2, 0.25) is 0 Å². The Morgan fingerprint density at radius 1 is 1.24 bits per heavy atom. The molecule has 1 saturated carbocycles. The molecule has 0 amide bonds. The largest absolute Gasteiger partial charge is 0.323 e. The summed E-state index contributed by atoms with van der Waals surface area (Å²) in [5, 5.41) is 13.1. The molecule has 1 aliphatic carbocycles. The summed E-state index contributed by atoms with van der Waals surface area (Å²) < 4.78 is 0. The van der Waals surface area contributed by atoms with Gasteiger partial charge in [0.25, 0.3) is 5.69 Å². The van der Waals surface area contributed by atoms with Crippen LogP contribution < -0.4 is 5.32 Å². The fourth-order valence-corrected chi connectivity index (χ4v) is 1.62. The number of nitrogens with one attached hydrogen (secondary N) is 1. The van der Waals surface area contributed by atoms with Crippen molar-refractivity contribution in [2.75, 3.05) is 14.1 Å². The average molecular weight is 236 g/mol. The molecule has 0 radical (unpaired) electrons. The van der Waals surface area contributed by atoms with Gasteiger partial charge in [0, 0.05) is 18.1 Å². The van der Waals surface area contributed by atoms with E-state index >= 15 is 0 Å². The van der Waals surface area contributed by atoms with Gasteiger partial charge < -0.3 is 5.32 Å². The van der Waals surface area contributed by atoms with Crippen molar-refractivity contribution in [3.05, 3.63) is 39.9 Å². The van der Waals surface area contributed by atoms with E-state index in [0.29, 0.717) is 0 Å². The van der Waals surface area contributed by atoms with Gasteiger partial charge in [-0.2, -0.15) is 0 Å². The topological polar surface area (TPSA) is 72.2 Å². The molecule has 2 rings (SSSR count). The number of rotatable bonds is 2. The maximum Gasteiger partial charge on any atom is 0.269 e. The molecule has 2 unspecified atom stereocenters. The Bertz CT molecular complexity index is 414. The highest BCUT2D eigenvalue weighted by Crippen LogP contribution is 2.42. The SMILES string of the molecule is CC1C(=O)C1c1ccc([N+](=O)[O-])cc1.CNC. The maximum atomic E-state index is 11.1. The molecular formula is C12H16N2O3. The van der Waals surface area contributed by atoms with Gasteiger partial charge in [-0.15, -0.1) is 0 Å². The molecule has 1 aromatic carbocycles. The Morgan fingerprint density at radius 3 is 1.94 bits per heavy atom. The van der Waals surface area contributed by atoms with Gasteiger partial charge in [0.05, 0.1) is 10.8 Å². The van der Waals surface area contributed by atoms with E-state index in [1.165, 1.54) is 12.1 Å². The number of benzene rings is 1. The maximum absolute atomic E-state index is 11.1. The predicted molar refractivity (Wildman–Crippen MR) is 65.0 cm³/mol. The molecule has 0 bridgehead atoms. The summed E-state index contributed by atoms with van der Waals surface area (Å²) in [5.41, 5.74) is 0.947. The van der Waals surface area contributed by atoms with Gasteiger partial charge in [-0.3, -0.25) is 14.9 Å². The van der Waals surface area contributed by atoms with Crippen LogP contribution in [0.15, 0.2) is 24.3 Å². The van der Waals surface area contributed by atoms with Crippen LogP contribution in [0, 0.1) is 16.0 Å². The molecule has 5 nitrogen and oxygen atoms in total. The van der Waals surface area contributed by atoms with Crippen LogP contribution in [0.4, 0.5) is 5.69 Å². The number of carbonyl (C=O) groups excluding carboxylic acids is 1. The number of nitro benzene ring substituents is 1. The minimum atomic E-state index is -0.443. The number of hydrogen-bond acceptors (Lipinski definition) is 4. The summed E-state index contributed by atoms with van der Waals surface area (Å²) in [6.07, 6.45) is 0. The van der Waals surface area contributed by atoms with Crippen LogP contribution in [0.25, 0.3) is 0 Å². The fourth-order valence-electron chi connectivity index (χ4n) is 1.62. The lowest BCUT2D eigenvalue weighted by atomic mass is 10.1. The zero-order valence-corrected chi connectivity index (χ0v) is 10.1. The lowest BCUT2D eigenvalue weighted by molar-refractivity contribution is -0.384. The van der Waals surface area contributed by atoms with Gasteiger partial charge in [0.15, 0.2) is 0 Å². The average Bonchev–Trinajstić information content (AvgIpc) is 2.88. The van der Waals surface area contributed by atoms with Crippen LogP contribution in [0.1, 0.15) is 18.4 Å². The third-order valence-electron chi connectivity index (χ3n) is 2.61. The van der Waals surface area contributed by atoms with Gasteiger partial charge in [0.1, 0.15) is 5.78 Å². The van der Waals surface area contributed by atoms with Crippen molar-refractivity contribution in [2.45, 2.75) is 12.8 Å². The van der Waals surface area contributed by atoms with E-state index in [4.69, 9.17) is 0 Å². The van der Waals surface area contributed by atoms with Crippen LogP contribution in [0.5, 0.6) is 0 Å². The van der Waals surface area contributed by atoms with E-state index in [0.717, 1.165) is 5.56 Å². The van der Waals surface area contributed by atoms with Crippen LogP contribution in [0.2, 0.25) is 0 Å². The van der Waals surface area contributed by atoms with Crippen molar-refractivity contribution in [2.24, 2.45) is 5.92 Å². The predicted octanol–water partition coefficient (Wildman–Crippen LogP) is 1.73. The zero-order chi connectivity index (χ0) is 13.0. The van der Waals surface area contributed by atoms with E-state index in [9.17, 15) is 14.9 Å². The van der Waals surface area contributed by atoms with Crippen LogP contribution in [-0.4, -0.2) is 24.8 Å². The minimum absolute atomic E-state index is 0.0317. The quantitative estimate of drug-likeness (QED) is 0.627. The van der Waals surface area contributed by atoms with Gasteiger partial charge in [-0.05, 0) is 19.7 Å². The number of nitrogens with zero attached hydrogens (tertiary/aromatic N) is 1. The first-order valence-corrected chi connectivity index (χ1v) is 5.39. The van der Waals surface area contributed by atoms with Crippen LogP contribution >= 0.6 is 0 Å². The molecule has 0 aliphatic heterocycles. The summed E-state index contributed by atoms with van der Waals surface area (Å²) in [7, 11) is 3.75. The molecule has 1 fully saturated rings. The van der Waals surface area contributed by atoms with Crippen molar-refractivity contribution in [1.82, 2.24) is 5.32 Å². The minimum Gasteiger partial charge on any atom is -0.323 e. The standard InChI is InChI=1S/C10H9NO3.C2H7N/c1-6-9(10(6)12)7-2-4-8(5-3-7)11(13)14;1-3-2/h2-6,9H,1H3;3H,1-2H3. The summed E-state index contributed by atoms with van der Waals surface area (Å²) >= 11 is 0. The number of nitro groups is 1. The van der Waals surface area contributed by atoms with Gasteiger partial charge in [-0.25, -0.2) is 0 Å². The normalized spacial score (nSPS) is 21.5. The van der Waals surface area contributed by atoms with E-state index in [1.54, 1.807) is 12.1 Å². The zero-order valence-electron chi connectivity index (χ0n) is 10.1. The number of Topliss-reactive ketones (excluding diaryl/α,β-unsaturated/α-hetero) is 1. The second-order valence-corrected chi connectivity index (χ2v) is 4.02. The van der Waals surface area contributed by atoms with Crippen molar-refractivity contribution < 1.29 is 9.72 Å². The molecule has 1 N–H and O–H groups in total. The second-order valence-electron chi connectivity index (χ2n) is 4.02. The Labute approximate surface area is 100.0 Å². The Hall–Kier alpha value is -1.75. The first-order chi connectivity index (χ1) is 8.02. The molecule has 0 heterocycles. The third-order valence-corrected chi connectivity index (χ3v) is 2.61. The lowest BCUT2D eigenvalue weighted by Gasteiger charge is -1.95. The van der Waals surface area contributed by atoms with E-state index < -0.39 is 4.92 Å². The molecular weight excluding hydrogens is 220 g/mol. The highest BCUT2D eigenvalue weighted by molar-refractivity contribution is 6.04. The number of carbonyl (C=O) groups is 1. The fraction of sp³-hybridized carbons (Fsp3) is 0.417. The highest BCUT2D eigenvalue weighted by Gasteiger charge is 2.46. The molecule has 5 heteroatoms. The first kappa shape index (κ1) is 13.3. The van der Waals surface area contributed by atoms with Crippen molar-refractivity contribution >= 4 is 11.5 Å². The van der Waals surface area contributed by atoms with Gasteiger partial charge >= 0.3 is 0 Å². The second kappa shape index (κ2) is 5.54. The van der Waals surface area contributed by atoms with Crippen molar-refractivity contribution in [3.8, 4) is 0 Å². The molecule has 17 heavy (non-hydrogen) atoms. The number of non-ortho nitro benzene ring substituents is 1. The first-order valence-electron chi connectivity index (χ1n) is 5.39. The molecule has 0 aromatic heterocycles. The molecule has 1 aromatic rings. The Kier molecular flexibility index (Phi) is 4.34. The smallest absolute Gasteiger partial charge is 0.269 e. The number of hydrogen-bond donors (Lipinski definition) is 1. The summed E-state index contributed by atoms with van der Waals surface area (Å²) in [6, 6.07) is 6.19. The molecule has 92 valence electrons. The third kappa shape index (κ3) is 3.10. The number of ketones is 1. The van der Waals surface area contributed by atoms with Crippen molar-refractivity contribution in [1.29, 1.82) is 0 Å². The molecule has 0 spiro atoms.